The maximum Gasteiger partial charge on any atom is 0.417 e. The predicted molar refractivity (Wildman–Crippen MR) is 168 cm³/mol. The number of carbonyl (C=O) groups excluding carboxylic acids is 1. The average molecular weight is 678 g/mol. The van der Waals surface area contributed by atoms with E-state index in [1.807, 2.05) is 0 Å². The summed E-state index contributed by atoms with van der Waals surface area (Å²) in [5, 5.41) is 3.62. The summed E-state index contributed by atoms with van der Waals surface area (Å²) < 4.78 is 76.2. The Labute approximate surface area is 277 Å². The second kappa shape index (κ2) is 12.5. The fraction of sp³-hybridized carbons (Fsp3) is 0.667. The fourth-order valence-corrected chi connectivity index (χ4v) is 8.52. The maximum absolute atomic E-state index is 15.5. The quantitative estimate of drug-likeness (QED) is 0.324. The van der Waals surface area contributed by atoms with Crippen LogP contribution in [0.3, 0.4) is 0 Å². The number of nitrogens with two attached hydrogens (primary N) is 1. The van der Waals surface area contributed by atoms with Crippen molar-refractivity contribution in [3.63, 3.8) is 0 Å². The number of fused-ring (bicyclic) bond motifs is 4. The Hall–Kier alpha value is -3.43. The van der Waals surface area contributed by atoms with Crippen molar-refractivity contribution in [2.24, 2.45) is 0 Å². The first-order valence-corrected chi connectivity index (χ1v) is 16.7. The number of hydrogen-bond acceptors (Lipinski definition) is 10. The zero-order valence-electron chi connectivity index (χ0n) is 27.5. The van der Waals surface area contributed by atoms with Crippen molar-refractivity contribution in [2.45, 2.75) is 94.4 Å². The van der Waals surface area contributed by atoms with Crippen molar-refractivity contribution in [3.8, 4) is 6.01 Å². The summed E-state index contributed by atoms with van der Waals surface area (Å²) in [6.07, 6.45) is -0.828. The van der Waals surface area contributed by atoms with Crippen LogP contribution >= 0.6 is 0 Å². The van der Waals surface area contributed by atoms with Crippen LogP contribution in [-0.4, -0.2) is 96.5 Å². The Kier molecular flexibility index (Phi) is 8.60. The molecule has 3 unspecified atom stereocenters. The molecule has 11 nitrogen and oxygen atoms in total. The molecular weight excluding hydrogens is 634 g/mol. The molecule has 4 fully saturated rings. The van der Waals surface area contributed by atoms with Crippen LogP contribution in [0.1, 0.15) is 72.6 Å². The Balaban J connectivity index is 1.18. The number of aryl methyl sites for hydroxylation is 1. The summed E-state index contributed by atoms with van der Waals surface area (Å²) >= 11 is 0. The minimum absolute atomic E-state index is 0.0775. The van der Waals surface area contributed by atoms with E-state index in [1.54, 1.807) is 14.1 Å². The number of nitrogens with one attached hydrogen (secondary N) is 1. The molecule has 15 heteroatoms. The lowest BCUT2D eigenvalue weighted by Crippen LogP contribution is -2.52. The van der Waals surface area contributed by atoms with Crippen molar-refractivity contribution in [3.05, 3.63) is 39.8 Å². The summed E-state index contributed by atoms with van der Waals surface area (Å²) in [6, 6.07) is 1.83. The van der Waals surface area contributed by atoms with E-state index >= 15 is 4.39 Å². The number of ether oxygens (including phenoxy) is 3. The summed E-state index contributed by atoms with van der Waals surface area (Å²) in [7, 11) is 3.30. The third kappa shape index (κ3) is 6.02. The first-order valence-electron chi connectivity index (χ1n) is 16.7. The van der Waals surface area contributed by atoms with Crippen LogP contribution in [0.25, 0.3) is 0 Å². The number of benzene rings is 1. The third-order valence-electron chi connectivity index (χ3n) is 10.8. The summed E-state index contributed by atoms with van der Waals surface area (Å²) in [6.45, 7) is 4.10. The molecule has 6 heterocycles. The van der Waals surface area contributed by atoms with Crippen LogP contribution in [0.15, 0.2) is 6.07 Å². The van der Waals surface area contributed by atoms with Crippen LogP contribution in [-0.2, 0) is 28.7 Å². The summed E-state index contributed by atoms with van der Waals surface area (Å²) in [5.74, 6) is -0.480. The van der Waals surface area contributed by atoms with Gasteiger partial charge in [-0.25, -0.2) is 9.18 Å². The van der Waals surface area contributed by atoms with Gasteiger partial charge in [0, 0.05) is 62.9 Å². The molecule has 1 aromatic carbocycles. The average Bonchev–Trinajstić information content (AvgIpc) is 3.71. The van der Waals surface area contributed by atoms with Gasteiger partial charge in [-0.3, -0.25) is 4.90 Å². The van der Waals surface area contributed by atoms with E-state index in [0.717, 1.165) is 64.2 Å². The smallest absolute Gasteiger partial charge is 0.417 e. The van der Waals surface area contributed by atoms with Gasteiger partial charge < -0.3 is 35.1 Å². The van der Waals surface area contributed by atoms with Gasteiger partial charge in [-0.1, -0.05) is 0 Å². The van der Waals surface area contributed by atoms with Crippen LogP contribution in [0, 0.1) is 12.7 Å². The molecule has 262 valence electrons. The number of halogens is 4. The number of rotatable bonds is 7. The van der Waals surface area contributed by atoms with Crippen molar-refractivity contribution in [1.82, 2.24) is 25.1 Å². The molecule has 48 heavy (non-hydrogen) atoms. The number of carbonyl (C=O) groups is 1. The lowest BCUT2D eigenvalue weighted by Gasteiger charge is -2.37. The maximum atomic E-state index is 15.5. The molecule has 2 aromatic rings. The summed E-state index contributed by atoms with van der Waals surface area (Å²) in [5.41, 5.74) is 4.52. The molecule has 1 aromatic heterocycles. The SMILES string of the molecule is Cc1cc(N)c(F)c(C2Cc3nc(OC[C@]45CCCN4[C@@H](COC(=O)N(C)C)CC5)nc(N4CC5CCC(C4)N5)c3CO2)c1C(F)(F)F. The largest absolute Gasteiger partial charge is 0.461 e. The van der Waals surface area contributed by atoms with Crippen LogP contribution in [0.2, 0.25) is 0 Å². The van der Waals surface area contributed by atoms with Gasteiger partial charge >= 0.3 is 18.3 Å². The number of alkyl halides is 3. The van der Waals surface area contributed by atoms with Crippen molar-refractivity contribution < 1.29 is 36.6 Å². The minimum Gasteiger partial charge on any atom is -0.461 e. The number of nitrogens with zero attached hydrogens (tertiary/aromatic N) is 5. The Morgan fingerprint density at radius 3 is 2.65 bits per heavy atom. The van der Waals surface area contributed by atoms with Gasteiger partial charge in [-0.05, 0) is 63.6 Å². The first kappa shape index (κ1) is 33.1. The number of aromatic nitrogens is 2. The van der Waals surface area contributed by atoms with E-state index in [9.17, 15) is 18.0 Å². The van der Waals surface area contributed by atoms with Gasteiger partial charge in [-0.15, -0.1) is 0 Å². The van der Waals surface area contributed by atoms with E-state index < -0.39 is 29.2 Å². The molecule has 0 aliphatic carbocycles. The van der Waals surface area contributed by atoms with Crippen LogP contribution in [0.4, 0.5) is 33.9 Å². The lowest BCUT2D eigenvalue weighted by atomic mass is 9.91. The van der Waals surface area contributed by atoms with Crippen molar-refractivity contribution >= 4 is 17.6 Å². The highest BCUT2D eigenvalue weighted by molar-refractivity contribution is 5.66. The van der Waals surface area contributed by atoms with Gasteiger partial charge in [0.05, 0.1) is 35.2 Å². The number of nitrogen functional groups attached to an aromatic ring is 1. The first-order chi connectivity index (χ1) is 22.8. The minimum atomic E-state index is -4.81. The monoisotopic (exact) mass is 677 g/mol. The van der Waals surface area contributed by atoms with Gasteiger partial charge in [0.15, 0.2) is 5.82 Å². The molecule has 0 radical (unpaired) electrons. The zero-order valence-corrected chi connectivity index (χ0v) is 27.5. The normalized spacial score (nSPS) is 28.4. The standard InChI is InChI=1S/C33H43F4N7O4/c1-18-11-23(38)28(34)26(27(18)33(35,36)37)25-12-24-22(16-46-25)29(43-13-19-5-6-20(14-43)39-19)41-30(40-24)48-17-32-8-4-10-44(32)21(7-9-32)15-47-31(45)42(2)3/h11,19-21,25,39H,4-10,12-17,38H2,1-3H3/t19?,20?,21-,25?,32-/m1/s1. The molecule has 5 atom stereocenters. The fourth-order valence-electron chi connectivity index (χ4n) is 8.52. The zero-order chi connectivity index (χ0) is 34.0. The lowest BCUT2D eigenvalue weighted by molar-refractivity contribution is -0.140. The van der Waals surface area contributed by atoms with E-state index in [-0.39, 0.29) is 48.0 Å². The van der Waals surface area contributed by atoms with Gasteiger partial charge in [0.1, 0.15) is 19.0 Å². The number of amides is 1. The highest BCUT2D eigenvalue weighted by Gasteiger charge is 2.50. The molecule has 2 bridgehead atoms. The molecule has 5 aliphatic rings. The Morgan fingerprint density at radius 2 is 1.94 bits per heavy atom. The van der Waals surface area contributed by atoms with Crippen molar-refractivity contribution in [2.75, 3.05) is 57.6 Å². The Morgan fingerprint density at radius 1 is 1.19 bits per heavy atom. The van der Waals surface area contributed by atoms with Gasteiger partial charge in [-0.2, -0.15) is 23.1 Å². The molecule has 3 N–H and O–H groups in total. The Bertz CT molecular complexity index is 1560. The molecule has 5 aliphatic heterocycles. The predicted octanol–water partition coefficient (Wildman–Crippen LogP) is 4.35. The van der Waals surface area contributed by atoms with E-state index in [1.165, 1.54) is 11.8 Å². The van der Waals surface area contributed by atoms with E-state index in [4.69, 9.17) is 29.9 Å². The molecule has 0 spiro atoms. The van der Waals surface area contributed by atoms with E-state index in [0.29, 0.717) is 42.4 Å². The molecule has 0 saturated carbocycles. The third-order valence-corrected chi connectivity index (χ3v) is 10.8. The number of piperazine rings is 1. The highest BCUT2D eigenvalue weighted by atomic mass is 19.4. The summed E-state index contributed by atoms with van der Waals surface area (Å²) in [4.78, 5) is 27.7. The number of anilines is 2. The number of hydrogen-bond donors (Lipinski definition) is 2. The van der Waals surface area contributed by atoms with Crippen LogP contribution in [0.5, 0.6) is 6.01 Å². The molecule has 1 amide bonds. The topological polar surface area (TPSA) is 118 Å². The molecule has 4 saturated heterocycles. The van der Waals surface area contributed by atoms with Gasteiger partial charge in [0.2, 0.25) is 0 Å². The van der Waals surface area contributed by atoms with E-state index in [2.05, 4.69) is 15.1 Å². The van der Waals surface area contributed by atoms with Gasteiger partial charge in [0.25, 0.3) is 0 Å². The molecule has 7 rings (SSSR count). The second-order valence-electron chi connectivity index (χ2n) is 14.2. The van der Waals surface area contributed by atoms with Crippen LogP contribution < -0.4 is 20.7 Å². The van der Waals surface area contributed by atoms with Crippen molar-refractivity contribution in [1.29, 1.82) is 0 Å². The molecular formula is C33H43F4N7O4. The highest BCUT2D eigenvalue weighted by Crippen LogP contribution is 2.46. The second-order valence-corrected chi connectivity index (χ2v) is 14.2.